The molecule has 0 saturated heterocycles. The Morgan fingerprint density at radius 1 is 1.29 bits per heavy atom. The Morgan fingerprint density at radius 2 is 2.06 bits per heavy atom. The summed E-state index contributed by atoms with van der Waals surface area (Å²) in [6, 6.07) is 9.99. The molecule has 0 aliphatic heterocycles. The molecule has 4 heteroatoms. The van der Waals surface area contributed by atoms with Gasteiger partial charge in [-0.1, -0.05) is 34.1 Å². The predicted molar refractivity (Wildman–Crippen MR) is 72.5 cm³/mol. The van der Waals surface area contributed by atoms with E-state index in [-0.39, 0.29) is 6.04 Å². The highest BCUT2D eigenvalue weighted by molar-refractivity contribution is 9.10. The van der Waals surface area contributed by atoms with Crippen molar-refractivity contribution in [2.24, 2.45) is 5.73 Å². The Hall–Kier alpha value is -1.26. The van der Waals surface area contributed by atoms with Crippen LogP contribution in [0.25, 0.3) is 11.3 Å². The summed E-state index contributed by atoms with van der Waals surface area (Å²) in [6.45, 7) is 1.95. The average Bonchev–Trinajstić information content (AvgIpc) is 2.29. The fourth-order valence-electron chi connectivity index (χ4n) is 1.60. The summed E-state index contributed by atoms with van der Waals surface area (Å²) in [5.74, 6) is 0.785. The molecule has 0 spiro atoms. The van der Waals surface area contributed by atoms with E-state index in [1.165, 1.54) is 0 Å². The van der Waals surface area contributed by atoms with Crippen LogP contribution in [0.2, 0.25) is 0 Å². The van der Waals surface area contributed by atoms with Gasteiger partial charge in [-0.15, -0.1) is 0 Å². The lowest BCUT2D eigenvalue weighted by Gasteiger charge is -2.07. The van der Waals surface area contributed by atoms with Crippen LogP contribution < -0.4 is 5.73 Å². The second kappa shape index (κ2) is 5.38. The largest absolute Gasteiger partial charge is 0.328 e. The van der Waals surface area contributed by atoms with Crippen LogP contribution >= 0.6 is 15.9 Å². The maximum absolute atomic E-state index is 5.75. The zero-order chi connectivity index (χ0) is 12.3. The molecule has 1 aromatic carbocycles. The number of aromatic nitrogens is 2. The number of nitrogens with two attached hydrogens (primary N) is 1. The van der Waals surface area contributed by atoms with E-state index >= 15 is 0 Å². The van der Waals surface area contributed by atoms with Crippen molar-refractivity contribution < 1.29 is 0 Å². The van der Waals surface area contributed by atoms with Gasteiger partial charge in [-0.3, -0.25) is 0 Å². The van der Waals surface area contributed by atoms with Gasteiger partial charge in [-0.25, -0.2) is 9.97 Å². The Balaban J connectivity index is 2.37. The highest BCUT2D eigenvalue weighted by Gasteiger charge is 2.06. The first-order valence-corrected chi connectivity index (χ1v) is 6.28. The average molecular weight is 292 g/mol. The van der Waals surface area contributed by atoms with Gasteiger partial charge in [0.15, 0.2) is 0 Å². The minimum Gasteiger partial charge on any atom is -0.328 e. The smallest absolute Gasteiger partial charge is 0.130 e. The number of halogens is 1. The number of hydrogen-bond donors (Lipinski definition) is 1. The summed E-state index contributed by atoms with van der Waals surface area (Å²) in [6.07, 6.45) is 2.47. The first kappa shape index (κ1) is 12.2. The quantitative estimate of drug-likeness (QED) is 0.946. The van der Waals surface area contributed by atoms with Gasteiger partial charge < -0.3 is 5.73 Å². The molecule has 1 aromatic heterocycles. The summed E-state index contributed by atoms with van der Waals surface area (Å²) in [4.78, 5) is 8.75. The fourth-order valence-corrected chi connectivity index (χ4v) is 2.09. The van der Waals surface area contributed by atoms with Crippen LogP contribution in [0, 0.1) is 0 Å². The fraction of sp³-hybridized carbons (Fsp3) is 0.231. The lowest BCUT2D eigenvalue weighted by atomic mass is 10.1. The zero-order valence-corrected chi connectivity index (χ0v) is 11.2. The molecule has 0 bridgehead atoms. The highest BCUT2D eigenvalue weighted by Crippen LogP contribution is 2.25. The van der Waals surface area contributed by atoms with Gasteiger partial charge in [0.05, 0.1) is 5.69 Å². The van der Waals surface area contributed by atoms with Gasteiger partial charge >= 0.3 is 0 Å². The van der Waals surface area contributed by atoms with E-state index in [0.29, 0.717) is 6.42 Å². The van der Waals surface area contributed by atoms with Crippen molar-refractivity contribution in [2.75, 3.05) is 0 Å². The van der Waals surface area contributed by atoms with Crippen molar-refractivity contribution in [1.29, 1.82) is 0 Å². The van der Waals surface area contributed by atoms with Crippen LogP contribution in [0.3, 0.4) is 0 Å². The van der Waals surface area contributed by atoms with Crippen molar-refractivity contribution >= 4 is 15.9 Å². The van der Waals surface area contributed by atoms with Crippen LogP contribution in [0.1, 0.15) is 12.7 Å². The topological polar surface area (TPSA) is 51.8 Å². The summed E-state index contributed by atoms with van der Waals surface area (Å²) < 4.78 is 1.03. The first-order valence-electron chi connectivity index (χ1n) is 5.49. The molecule has 0 aliphatic rings. The Labute approximate surface area is 109 Å². The SMILES string of the molecule is CC(N)Cc1nccc(-c2ccccc2Br)n1. The summed E-state index contributed by atoms with van der Waals surface area (Å²) in [5.41, 5.74) is 7.74. The van der Waals surface area contributed by atoms with E-state index in [1.807, 2.05) is 37.3 Å². The number of rotatable bonds is 3. The van der Waals surface area contributed by atoms with Crippen LogP contribution in [0.4, 0.5) is 0 Å². The Morgan fingerprint density at radius 3 is 2.76 bits per heavy atom. The lowest BCUT2D eigenvalue weighted by molar-refractivity contribution is 0.702. The van der Waals surface area contributed by atoms with Crippen LogP contribution in [0.15, 0.2) is 41.0 Å². The third-order valence-corrected chi connectivity index (χ3v) is 3.05. The van der Waals surface area contributed by atoms with Crippen LogP contribution in [-0.2, 0) is 6.42 Å². The second-order valence-electron chi connectivity index (χ2n) is 4.02. The third kappa shape index (κ3) is 3.11. The molecule has 2 N–H and O–H groups in total. The van der Waals surface area contributed by atoms with E-state index in [2.05, 4.69) is 25.9 Å². The Bertz CT molecular complexity index is 512. The van der Waals surface area contributed by atoms with Gasteiger partial charge in [0.1, 0.15) is 5.82 Å². The molecule has 0 amide bonds. The van der Waals surface area contributed by atoms with Crippen molar-refractivity contribution in [2.45, 2.75) is 19.4 Å². The summed E-state index contributed by atoms with van der Waals surface area (Å²) in [7, 11) is 0. The van der Waals surface area contributed by atoms with Crippen molar-refractivity contribution in [3.8, 4) is 11.3 Å². The molecule has 0 radical (unpaired) electrons. The van der Waals surface area contributed by atoms with Crippen molar-refractivity contribution in [1.82, 2.24) is 9.97 Å². The maximum atomic E-state index is 5.75. The number of benzene rings is 1. The number of hydrogen-bond acceptors (Lipinski definition) is 3. The molecule has 17 heavy (non-hydrogen) atoms. The molecule has 1 atom stereocenters. The second-order valence-corrected chi connectivity index (χ2v) is 4.87. The number of nitrogens with zero attached hydrogens (tertiary/aromatic N) is 2. The molecule has 0 saturated carbocycles. The lowest BCUT2D eigenvalue weighted by Crippen LogP contribution is -2.19. The van der Waals surface area contributed by atoms with Crippen LogP contribution in [0.5, 0.6) is 0 Å². The summed E-state index contributed by atoms with van der Waals surface area (Å²) >= 11 is 3.52. The van der Waals surface area contributed by atoms with Crippen LogP contribution in [-0.4, -0.2) is 16.0 Å². The third-order valence-electron chi connectivity index (χ3n) is 2.36. The zero-order valence-electron chi connectivity index (χ0n) is 9.60. The van der Waals surface area contributed by atoms with Crippen molar-refractivity contribution in [3.63, 3.8) is 0 Å². The van der Waals surface area contributed by atoms with E-state index in [9.17, 15) is 0 Å². The van der Waals surface area contributed by atoms with Crippen molar-refractivity contribution in [3.05, 3.63) is 46.8 Å². The molecule has 3 nitrogen and oxygen atoms in total. The molecule has 2 aromatic rings. The van der Waals surface area contributed by atoms with Gasteiger partial charge in [0.2, 0.25) is 0 Å². The molecular weight excluding hydrogens is 278 g/mol. The summed E-state index contributed by atoms with van der Waals surface area (Å²) in [5, 5.41) is 0. The maximum Gasteiger partial charge on any atom is 0.130 e. The van der Waals surface area contributed by atoms with Gasteiger partial charge in [0.25, 0.3) is 0 Å². The first-order chi connectivity index (χ1) is 8.16. The molecular formula is C13H14BrN3. The van der Waals surface area contributed by atoms with E-state index < -0.39 is 0 Å². The molecule has 0 fully saturated rings. The normalized spacial score (nSPS) is 12.4. The predicted octanol–water partition coefficient (Wildman–Crippen LogP) is 2.80. The highest BCUT2D eigenvalue weighted by atomic mass is 79.9. The minimum atomic E-state index is 0.0736. The van der Waals surface area contributed by atoms with E-state index in [1.54, 1.807) is 6.20 Å². The van der Waals surface area contributed by atoms with E-state index in [0.717, 1.165) is 21.6 Å². The molecule has 1 unspecified atom stereocenters. The van der Waals surface area contributed by atoms with Gasteiger partial charge in [-0.05, 0) is 19.1 Å². The van der Waals surface area contributed by atoms with Gasteiger partial charge in [-0.2, -0.15) is 0 Å². The van der Waals surface area contributed by atoms with E-state index in [4.69, 9.17) is 5.73 Å². The molecule has 88 valence electrons. The minimum absolute atomic E-state index is 0.0736. The standard InChI is InChI=1S/C13H14BrN3/c1-9(15)8-13-16-7-6-12(17-13)10-4-2-3-5-11(10)14/h2-7,9H,8,15H2,1H3. The van der Waals surface area contributed by atoms with Gasteiger partial charge in [0, 0.05) is 28.7 Å². The molecule has 1 heterocycles. The monoisotopic (exact) mass is 291 g/mol. The Kier molecular flexibility index (Phi) is 3.86. The molecule has 0 aliphatic carbocycles. The molecule has 2 rings (SSSR count).